The molecule has 1 N–H and O–H groups in total. The van der Waals surface area contributed by atoms with Crippen molar-refractivity contribution in [2.24, 2.45) is 0 Å². The Bertz CT molecular complexity index is 618. The van der Waals surface area contributed by atoms with Crippen molar-refractivity contribution in [1.29, 1.82) is 0 Å². The number of anilines is 1. The van der Waals surface area contributed by atoms with E-state index in [1.807, 2.05) is 19.1 Å². The minimum atomic E-state index is -0.212. The molecule has 0 aliphatic heterocycles. The molecule has 1 amide bonds. The third kappa shape index (κ3) is 3.92. The largest absolute Gasteiger partial charge is 0.370 e. The maximum absolute atomic E-state index is 12.5. The number of amides is 1. The fourth-order valence-electron chi connectivity index (χ4n) is 1.89. The number of pyridine rings is 2. The predicted molar refractivity (Wildman–Crippen MR) is 83.4 cm³/mol. The first-order chi connectivity index (χ1) is 10.1. The van der Waals surface area contributed by atoms with Crippen LogP contribution in [0.25, 0.3) is 0 Å². The smallest absolute Gasteiger partial charge is 0.274 e. The number of hydrogen-bond donors (Lipinski definition) is 1. The molecule has 0 fully saturated rings. The highest BCUT2D eigenvalue weighted by Crippen LogP contribution is 2.18. The summed E-state index contributed by atoms with van der Waals surface area (Å²) >= 11 is 6.09. The molecule has 0 bridgehead atoms. The van der Waals surface area contributed by atoms with Crippen molar-refractivity contribution in [2.75, 3.05) is 18.9 Å². The Hall–Kier alpha value is -2.14. The second kappa shape index (κ2) is 7.04. The molecule has 2 rings (SSSR count). The van der Waals surface area contributed by atoms with Crippen LogP contribution in [0.5, 0.6) is 0 Å². The number of aromatic nitrogens is 2. The third-order valence-corrected chi connectivity index (χ3v) is 3.23. The lowest BCUT2D eigenvalue weighted by molar-refractivity contribution is 0.0779. The van der Waals surface area contributed by atoms with Crippen LogP contribution >= 0.6 is 11.6 Å². The SMILES string of the molecule is CCNc1ccc(Cl)c(C(=O)N(C)Cc2ccncc2)n1. The molecule has 5 nitrogen and oxygen atoms in total. The molecule has 0 saturated carbocycles. The Kier molecular flexibility index (Phi) is 5.11. The second-order valence-corrected chi connectivity index (χ2v) is 4.98. The topological polar surface area (TPSA) is 58.1 Å². The van der Waals surface area contributed by atoms with Crippen molar-refractivity contribution in [2.45, 2.75) is 13.5 Å². The molecule has 0 unspecified atom stereocenters. The average molecular weight is 305 g/mol. The highest BCUT2D eigenvalue weighted by molar-refractivity contribution is 6.33. The van der Waals surface area contributed by atoms with Gasteiger partial charge in [0.1, 0.15) is 11.5 Å². The van der Waals surface area contributed by atoms with Gasteiger partial charge in [-0.15, -0.1) is 0 Å². The van der Waals surface area contributed by atoms with Gasteiger partial charge in [-0.05, 0) is 36.8 Å². The maximum atomic E-state index is 12.5. The zero-order chi connectivity index (χ0) is 15.2. The molecular formula is C15H17ClN4O. The van der Waals surface area contributed by atoms with Gasteiger partial charge in [0.05, 0.1) is 5.02 Å². The first kappa shape index (κ1) is 15.3. The number of carbonyl (C=O) groups excluding carboxylic acids is 1. The molecule has 110 valence electrons. The lowest BCUT2D eigenvalue weighted by Crippen LogP contribution is -2.27. The Morgan fingerprint density at radius 1 is 1.29 bits per heavy atom. The van der Waals surface area contributed by atoms with Gasteiger partial charge in [-0.2, -0.15) is 0 Å². The fraction of sp³-hybridized carbons (Fsp3) is 0.267. The van der Waals surface area contributed by atoms with Crippen LogP contribution in [0.1, 0.15) is 23.0 Å². The zero-order valence-corrected chi connectivity index (χ0v) is 12.8. The van der Waals surface area contributed by atoms with E-state index >= 15 is 0 Å². The summed E-state index contributed by atoms with van der Waals surface area (Å²) in [6.45, 7) is 3.17. The Morgan fingerprint density at radius 2 is 2.00 bits per heavy atom. The van der Waals surface area contributed by atoms with Gasteiger partial charge in [0.15, 0.2) is 0 Å². The van der Waals surface area contributed by atoms with Crippen molar-refractivity contribution in [3.8, 4) is 0 Å². The van der Waals surface area contributed by atoms with Gasteiger partial charge in [-0.1, -0.05) is 11.6 Å². The van der Waals surface area contributed by atoms with Gasteiger partial charge < -0.3 is 10.2 Å². The van der Waals surface area contributed by atoms with Crippen molar-refractivity contribution < 1.29 is 4.79 Å². The average Bonchev–Trinajstić information content (AvgIpc) is 2.50. The van der Waals surface area contributed by atoms with E-state index in [1.54, 1.807) is 36.5 Å². The number of nitrogens with zero attached hydrogens (tertiary/aromatic N) is 3. The molecule has 2 aromatic heterocycles. The van der Waals surface area contributed by atoms with Crippen LogP contribution < -0.4 is 5.32 Å². The highest BCUT2D eigenvalue weighted by atomic mass is 35.5. The van der Waals surface area contributed by atoms with Crippen LogP contribution in [0, 0.1) is 0 Å². The number of nitrogens with one attached hydrogen (secondary N) is 1. The molecule has 0 saturated heterocycles. The Labute approximate surface area is 129 Å². The first-order valence-electron chi connectivity index (χ1n) is 6.66. The molecule has 0 spiro atoms. The second-order valence-electron chi connectivity index (χ2n) is 4.57. The number of rotatable bonds is 5. The molecule has 21 heavy (non-hydrogen) atoms. The highest BCUT2D eigenvalue weighted by Gasteiger charge is 2.17. The van der Waals surface area contributed by atoms with Crippen LogP contribution in [0.3, 0.4) is 0 Å². The molecule has 0 aromatic carbocycles. The molecule has 6 heteroatoms. The summed E-state index contributed by atoms with van der Waals surface area (Å²) in [5, 5.41) is 3.42. The molecule has 0 aliphatic carbocycles. The lowest BCUT2D eigenvalue weighted by Gasteiger charge is -2.17. The van der Waals surface area contributed by atoms with E-state index in [0.29, 0.717) is 17.4 Å². The number of hydrogen-bond acceptors (Lipinski definition) is 4. The molecule has 0 aliphatic rings. The summed E-state index contributed by atoms with van der Waals surface area (Å²) in [5.74, 6) is 0.430. The van der Waals surface area contributed by atoms with Crippen molar-refractivity contribution in [1.82, 2.24) is 14.9 Å². The van der Waals surface area contributed by atoms with Gasteiger partial charge in [-0.25, -0.2) is 4.98 Å². The lowest BCUT2D eigenvalue weighted by atomic mass is 10.2. The summed E-state index contributed by atoms with van der Waals surface area (Å²) in [4.78, 5) is 22.3. The van der Waals surface area contributed by atoms with Gasteiger partial charge in [-0.3, -0.25) is 9.78 Å². The molecule has 0 radical (unpaired) electrons. The van der Waals surface area contributed by atoms with Crippen LogP contribution in [-0.2, 0) is 6.54 Å². The normalized spacial score (nSPS) is 10.2. The maximum Gasteiger partial charge on any atom is 0.274 e. The molecular weight excluding hydrogens is 288 g/mol. The molecule has 0 atom stereocenters. The van der Waals surface area contributed by atoms with E-state index in [2.05, 4.69) is 15.3 Å². The van der Waals surface area contributed by atoms with Gasteiger partial charge in [0, 0.05) is 32.5 Å². The zero-order valence-electron chi connectivity index (χ0n) is 12.0. The minimum Gasteiger partial charge on any atom is -0.370 e. The minimum absolute atomic E-state index is 0.212. The van der Waals surface area contributed by atoms with E-state index in [-0.39, 0.29) is 11.6 Å². The third-order valence-electron chi connectivity index (χ3n) is 2.92. The van der Waals surface area contributed by atoms with Crippen molar-refractivity contribution in [3.63, 3.8) is 0 Å². The van der Waals surface area contributed by atoms with Crippen LogP contribution in [0.4, 0.5) is 5.82 Å². The van der Waals surface area contributed by atoms with E-state index < -0.39 is 0 Å². The predicted octanol–water partition coefficient (Wildman–Crippen LogP) is 2.83. The summed E-state index contributed by atoms with van der Waals surface area (Å²) in [5.41, 5.74) is 1.26. The summed E-state index contributed by atoms with van der Waals surface area (Å²) in [7, 11) is 1.72. The molecule has 2 aromatic rings. The molecule has 2 heterocycles. The van der Waals surface area contributed by atoms with Crippen molar-refractivity contribution in [3.05, 3.63) is 52.9 Å². The monoisotopic (exact) mass is 304 g/mol. The summed E-state index contributed by atoms with van der Waals surface area (Å²) in [6, 6.07) is 7.17. The Morgan fingerprint density at radius 3 is 2.67 bits per heavy atom. The number of halogens is 1. The van der Waals surface area contributed by atoms with Gasteiger partial charge in [0.2, 0.25) is 0 Å². The standard InChI is InChI=1S/C15H17ClN4O/c1-3-18-13-5-4-12(16)14(19-13)15(21)20(2)10-11-6-8-17-9-7-11/h4-9H,3,10H2,1-2H3,(H,18,19). The quantitative estimate of drug-likeness (QED) is 0.923. The van der Waals surface area contributed by atoms with Crippen molar-refractivity contribution >= 4 is 23.3 Å². The van der Waals surface area contributed by atoms with E-state index in [0.717, 1.165) is 12.1 Å². The first-order valence-corrected chi connectivity index (χ1v) is 7.04. The van der Waals surface area contributed by atoms with E-state index in [1.165, 1.54) is 0 Å². The van der Waals surface area contributed by atoms with Gasteiger partial charge >= 0.3 is 0 Å². The summed E-state index contributed by atoms with van der Waals surface area (Å²) < 4.78 is 0. The van der Waals surface area contributed by atoms with E-state index in [9.17, 15) is 4.79 Å². The van der Waals surface area contributed by atoms with E-state index in [4.69, 9.17) is 11.6 Å². The van der Waals surface area contributed by atoms with Crippen LogP contribution in [-0.4, -0.2) is 34.4 Å². The van der Waals surface area contributed by atoms with Gasteiger partial charge in [0.25, 0.3) is 5.91 Å². The van der Waals surface area contributed by atoms with Crippen LogP contribution in [0.2, 0.25) is 5.02 Å². The van der Waals surface area contributed by atoms with Crippen LogP contribution in [0.15, 0.2) is 36.7 Å². The summed E-state index contributed by atoms with van der Waals surface area (Å²) in [6.07, 6.45) is 3.40. The Balaban J connectivity index is 2.17. The number of carbonyl (C=O) groups is 1. The fourth-order valence-corrected chi connectivity index (χ4v) is 2.07.